The van der Waals surface area contributed by atoms with Crippen molar-refractivity contribution >= 4 is 32.4 Å². The maximum atomic E-state index is 14.9. The fourth-order valence-corrected chi connectivity index (χ4v) is 6.01. The predicted molar refractivity (Wildman–Crippen MR) is 145 cm³/mol. The van der Waals surface area contributed by atoms with Gasteiger partial charge in [0.15, 0.2) is 23.2 Å². The van der Waals surface area contributed by atoms with Crippen LogP contribution < -0.4 is 10.2 Å². The number of alkyl halides is 3. The van der Waals surface area contributed by atoms with Crippen LogP contribution >= 0.6 is 0 Å². The third-order valence-corrected chi connectivity index (χ3v) is 8.42. The van der Waals surface area contributed by atoms with E-state index in [9.17, 15) is 35.5 Å². The molecule has 2 N–H and O–H groups in total. The van der Waals surface area contributed by atoms with Crippen LogP contribution in [0.3, 0.4) is 0 Å². The van der Waals surface area contributed by atoms with Crippen molar-refractivity contribution in [3.05, 3.63) is 77.4 Å². The molecule has 0 saturated carbocycles. The molecule has 0 aliphatic carbocycles. The van der Waals surface area contributed by atoms with Crippen LogP contribution in [0.15, 0.2) is 54.6 Å². The van der Waals surface area contributed by atoms with Crippen molar-refractivity contribution in [2.75, 3.05) is 43.2 Å². The minimum Gasteiger partial charge on any atom is -0.503 e. The highest BCUT2D eigenvalue weighted by molar-refractivity contribution is 7.88. The number of nitrogens with one attached hydrogen (secondary N) is 1. The molecule has 1 fully saturated rings. The summed E-state index contributed by atoms with van der Waals surface area (Å²) in [5.41, 5.74) is -0.703. The zero-order chi connectivity index (χ0) is 29.7. The van der Waals surface area contributed by atoms with Crippen LogP contribution in [0.1, 0.15) is 11.1 Å². The summed E-state index contributed by atoms with van der Waals surface area (Å²) in [7, 11) is -1.90. The van der Waals surface area contributed by atoms with Gasteiger partial charge < -0.3 is 15.3 Å². The molecule has 1 atom stereocenters. The number of nitrogens with zero attached hydrogens (tertiary/aromatic N) is 4. The van der Waals surface area contributed by atoms with Gasteiger partial charge in [0.25, 0.3) is 0 Å². The summed E-state index contributed by atoms with van der Waals surface area (Å²) < 4.78 is 96.3. The Labute approximate surface area is 232 Å². The van der Waals surface area contributed by atoms with E-state index in [1.165, 1.54) is 23.7 Å². The quantitative estimate of drug-likeness (QED) is 0.313. The summed E-state index contributed by atoms with van der Waals surface area (Å²) in [5.74, 6) is -5.25. The lowest BCUT2D eigenvalue weighted by atomic mass is 10.0. The van der Waals surface area contributed by atoms with E-state index in [0.29, 0.717) is 24.0 Å². The molecule has 0 bridgehead atoms. The second kappa shape index (κ2) is 10.5. The van der Waals surface area contributed by atoms with E-state index in [1.54, 1.807) is 12.1 Å². The molecule has 1 saturated heterocycles. The second-order valence-electron chi connectivity index (χ2n) is 9.79. The third kappa shape index (κ3) is 5.40. The highest BCUT2D eigenvalue weighted by Crippen LogP contribution is 2.40. The maximum Gasteiger partial charge on any atom is 0.419 e. The van der Waals surface area contributed by atoms with Crippen molar-refractivity contribution in [3.63, 3.8) is 0 Å². The summed E-state index contributed by atoms with van der Waals surface area (Å²) in [5, 5.41) is 17.3. The highest BCUT2D eigenvalue weighted by atomic mass is 32.2. The Hall–Kier alpha value is -3.91. The van der Waals surface area contributed by atoms with Gasteiger partial charge in [-0.3, -0.25) is 0 Å². The number of sulfonamides is 1. The van der Waals surface area contributed by atoms with Gasteiger partial charge in [-0.1, -0.05) is 30.3 Å². The molecule has 218 valence electrons. The van der Waals surface area contributed by atoms with Crippen LogP contribution in [0.4, 0.5) is 33.5 Å². The number of phenols is 1. The van der Waals surface area contributed by atoms with Gasteiger partial charge in [0.05, 0.1) is 17.3 Å². The fourth-order valence-electron chi connectivity index (χ4n) is 5.15. The lowest BCUT2D eigenvalue weighted by Gasteiger charge is -2.42. The molecule has 2 heterocycles. The molecule has 41 heavy (non-hydrogen) atoms. The highest BCUT2D eigenvalue weighted by Gasteiger charge is 2.38. The van der Waals surface area contributed by atoms with Gasteiger partial charge >= 0.3 is 6.18 Å². The topological polar surface area (TPSA) is 90.7 Å². The number of phenolic OH excluding ortho intramolecular Hbond substituents is 1. The fraction of sp³-hybridized carbons (Fsp3) is 0.296. The second-order valence-corrected chi connectivity index (χ2v) is 11.8. The van der Waals surface area contributed by atoms with Crippen LogP contribution in [0.25, 0.3) is 16.6 Å². The van der Waals surface area contributed by atoms with Crippen LogP contribution in [-0.4, -0.2) is 66.6 Å². The van der Waals surface area contributed by atoms with Crippen LogP contribution in [0, 0.1) is 11.6 Å². The van der Waals surface area contributed by atoms with Crippen LogP contribution in [0.2, 0.25) is 0 Å². The Morgan fingerprint density at radius 3 is 2.39 bits per heavy atom. The van der Waals surface area contributed by atoms with Gasteiger partial charge in [-0.25, -0.2) is 21.9 Å². The average Bonchev–Trinajstić information content (AvgIpc) is 3.29. The van der Waals surface area contributed by atoms with Gasteiger partial charge in [0.2, 0.25) is 10.0 Å². The smallest absolute Gasteiger partial charge is 0.419 e. The number of benzene rings is 3. The van der Waals surface area contributed by atoms with Gasteiger partial charge in [-0.2, -0.15) is 17.5 Å². The Balaban J connectivity index is 1.60. The molecule has 4 aromatic rings. The Morgan fingerprint density at radius 1 is 1.05 bits per heavy atom. The first-order valence-corrected chi connectivity index (χ1v) is 14.4. The number of rotatable bonds is 6. The van der Waals surface area contributed by atoms with E-state index in [2.05, 4.69) is 15.3 Å². The summed E-state index contributed by atoms with van der Waals surface area (Å²) in [6.45, 7) is 0.860. The van der Waals surface area contributed by atoms with E-state index in [1.807, 2.05) is 30.3 Å². The summed E-state index contributed by atoms with van der Waals surface area (Å²) in [6.07, 6.45) is -3.48. The van der Waals surface area contributed by atoms with Gasteiger partial charge in [-0.05, 0) is 36.2 Å². The molecule has 8 nitrogen and oxygen atoms in total. The molecule has 1 aromatic heterocycles. The average molecular weight is 596 g/mol. The van der Waals surface area contributed by atoms with Crippen LogP contribution in [0.5, 0.6) is 5.75 Å². The molecule has 1 aliphatic heterocycles. The number of hydrogen-bond donors (Lipinski definition) is 2. The number of aromatic hydroxyl groups is 1. The molecule has 1 aliphatic rings. The first-order chi connectivity index (χ1) is 19.3. The molecular formula is C27H26F5N5O3S. The molecule has 14 heteroatoms. The largest absolute Gasteiger partial charge is 0.503 e. The van der Waals surface area contributed by atoms with Crippen molar-refractivity contribution in [3.8, 4) is 11.4 Å². The van der Waals surface area contributed by atoms with E-state index in [0.717, 1.165) is 10.2 Å². The first-order valence-electron chi connectivity index (χ1n) is 12.5. The first kappa shape index (κ1) is 28.6. The van der Waals surface area contributed by atoms with Gasteiger partial charge in [0, 0.05) is 43.8 Å². The zero-order valence-corrected chi connectivity index (χ0v) is 22.8. The predicted octanol–water partition coefficient (Wildman–Crippen LogP) is 4.76. The monoisotopic (exact) mass is 595 g/mol. The van der Waals surface area contributed by atoms with Gasteiger partial charge in [0.1, 0.15) is 5.69 Å². The summed E-state index contributed by atoms with van der Waals surface area (Å²) >= 11 is 0. The molecule has 0 unspecified atom stereocenters. The molecule has 0 radical (unpaired) electrons. The lowest BCUT2D eigenvalue weighted by molar-refractivity contribution is -0.140. The Kier molecular flexibility index (Phi) is 7.32. The van der Waals surface area contributed by atoms with Crippen molar-refractivity contribution in [1.29, 1.82) is 0 Å². The molecular weight excluding hydrogens is 569 g/mol. The lowest BCUT2D eigenvalue weighted by Crippen LogP contribution is -2.55. The summed E-state index contributed by atoms with van der Waals surface area (Å²) in [4.78, 5) is 2.05. The summed E-state index contributed by atoms with van der Waals surface area (Å²) in [6, 6.07) is 14.5. The SMILES string of the molecule is CNc1nn(-c2cc(C(F)(F)F)c(F)c(O)c2F)c2ccc(N3CCN(S(C)(=O)=O)C[C@H]3Cc3ccccc3)cc12. The minimum absolute atomic E-state index is 0.200. The van der Waals surface area contributed by atoms with E-state index in [4.69, 9.17) is 0 Å². The normalized spacial score (nSPS) is 16.9. The number of aromatic nitrogens is 2. The minimum atomic E-state index is -5.19. The number of piperazine rings is 1. The Morgan fingerprint density at radius 2 is 1.76 bits per heavy atom. The number of hydrogen-bond acceptors (Lipinski definition) is 6. The standard InChI is InChI=1S/C27H26F5N5O3S/c1-33-26-19-13-17(36-11-10-35(41(2,39)40)15-18(36)12-16-6-4-3-5-7-16)8-9-21(19)37(34-26)22-14-20(27(30,31)32)23(28)25(38)24(22)29/h3-9,13-14,18,38H,10-12,15H2,1-2H3,(H,33,34)/t18-/m1/s1. The van der Waals surface area contributed by atoms with E-state index in [-0.39, 0.29) is 36.5 Å². The molecule has 0 amide bonds. The molecule has 3 aromatic carbocycles. The maximum absolute atomic E-state index is 14.9. The van der Waals surface area contributed by atoms with Crippen molar-refractivity contribution in [2.24, 2.45) is 0 Å². The van der Waals surface area contributed by atoms with Crippen LogP contribution in [-0.2, 0) is 22.6 Å². The molecule has 5 rings (SSSR count). The number of anilines is 2. The Bertz CT molecular complexity index is 1710. The van der Waals surface area contributed by atoms with Gasteiger partial charge in [-0.15, -0.1) is 5.10 Å². The van der Waals surface area contributed by atoms with E-state index < -0.39 is 44.8 Å². The van der Waals surface area contributed by atoms with Crippen molar-refractivity contribution < 1.29 is 35.5 Å². The number of fused-ring (bicyclic) bond motifs is 1. The zero-order valence-electron chi connectivity index (χ0n) is 22.0. The van der Waals surface area contributed by atoms with E-state index >= 15 is 0 Å². The van der Waals surface area contributed by atoms with Crippen molar-refractivity contribution in [2.45, 2.75) is 18.6 Å². The van der Waals surface area contributed by atoms with Crippen molar-refractivity contribution in [1.82, 2.24) is 14.1 Å². The number of halogens is 5. The molecule has 0 spiro atoms. The third-order valence-electron chi connectivity index (χ3n) is 7.15.